The van der Waals surface area contributed by atoms with E-state index in [0.29, 0.717) is 21.7 Å². The van der Waals surface area contributed by atoms with Crippen molar-refractivity contribution < 1.29 is 9.52 Å². The number of aliphatic imine (C=N–C) groups is 1. The van der Waals surface area contributed by atoms with E-state index in [9.17, 15) is 10.0 Å². The number of hydrogen-bond donors (Lipinski definition) is 0. The molecule has 0 aliphatic carbocycles. The van der Waals surface area contributed by atoms with Crippen LogP contribution in [0.2, 0.25) is 0 Å². The molecule has 18 heavy (non-hydrogen) atoms. The third kappa shape index (κ3) is 1.44. The molecule has 0 aromatic carbocycles. The van der Waals surface area contributed by atoms with E-state index in [1.807, 2.05) is 6.08 Å². The summed E-state index contributed by atoms with van der Waals surface area (Å²) < 4.78 is 0.699. The van der Waals surface area contributed by atoms with E-state index in [4.69, 9.17) is 0 Å². The number of fused-ring (bicyclic) bond motifs is 2. The quantitative estimate of drug-likeness (QED) is 0.497. The fourth-order valence-corrected chi connectivity index (χ4v) is 2.19. The normalized spacial score (nSPS) is 21.2. The first-order valence-electron chi connectivity index (χ1n) is 5.60. The topological polar surface area (TPSA) is 59.6 Å². The van der Waals surface area contributed by atoms with Gasteiger partial charge in [-0.2, -0.15) is 4.73 Å². The summed E-state index contributed by atoms with van der Waals surface area (Å²) in [6.45, 7) is 0. The molecule has 1 aromatic rings. The minimum Gasteiger partial charge on any atom is -0.618 e. The van der Waals surface area contributed by atoms with E-state index in [0.717, 1.165) is 0 Å². The molecule has 1 amide bonds. The lowest BCUT2D eigenvalue weighted by Crippen LogP contribution is -2.37. The van der Waals surface area contributed by atoms with Crippen LogP contribution in [0.4, 0.5) is 0 Å². The number of nitrogens with zero attached hydrogens (tertiary/aromatic N) is 3. The highest BCUT2D eigenvalue weighted by atomic mass is 16.5. The standard InChI is InChI=1S/C13H11N3O2/c1-15-11-5-2-6-14-10(11)8-12-9(13(15)17)4-3-7-16(12)18/h2-8,11H,1H3. The molecule has 3 rings (SSSR count). The predicted molar refractivity (Wildman–Crippen MR) is 66.9 cm³/mol. The van der Waals surface area contributed by atoms with Gasteiger partial charge < -0.3 is 10.1 Å². The van der Waals surface area contributed by atoms with Gasteiger partial charge in [-0.15, -0.1) is 0 Å². The molecule has 5 heteroatoms. The Morgan fingerprint density at radius 3 is 3.17 bits per heavy atom. The first kappa shape index (κ1) is 10.7. The largest absolute Gasteiger partial charge is 0.618 e. The van der Waals surface area contributed by atoms with Crippen molar-refractivity contribution in [3.63, 3.8) is 0 Å². The maximum absolute atomic E-state index is 12.3. The lowest BCUT2D eigenvalue weighted by Gasteiger charge is -2.25. The number of aromatic nitrogens is 1. The summed E-state index contributed by atoms with van der Waals surface area (Å²) in [5.74, 6) is -0.173. The Hall–Kier alpha value is -2.43. The lowest BCUT2D eigenvalue weighted by molar-refractivity contribution is -0.607. The Morgan fingerprint density at radius 1 is 1.50 bits per heavy atom. The van der Waals surface area contributed by atoms with Gasteiger partial charge in [-0.05, 0) is 12.1 Å². The van der Waals surface area contributed by atoms with Crippen molar-refractivity contribution in [2.24, 2.45) is 4.99 Å². The molecular formula is C13H11N3O2. The third-order valence-corrected chi connectivity index (χ3v) is 3.16. The molecular weight excluding hydrogens is 230 g/mol. The Bertz CT molecular complexity index is 617. The van der Waals surface area contributed by atoms with Crippen LogP contribution in [0.25, 0.3) is 6.08 Å². The van der Waals surface area contributed by atoms with E-state index in [1.165, 1.54) is 6.20 Å². The average molecular weight is 241 g/mol. The number of carbonyl (C=O) groups excluding carboxylic acids is 1. The molecule has 1 atom stereocenters. The summed E-state index contributed by atoms with van der Waals surface area (Å²) in [6.07, 6.45) is 8.40. The van der Waals surface area contributed by atoms with E-state index in [-0.39, 0.29) is 11.9 Å². The molecule has 1 unspecified atom stereocenters. The summed E-state index contributed by atoms with van der Waals surface area (Å²) in [5, 5.41) is 11.8. The van der Waals surface area contributed by atoms with Gasteiger partial charge >= 0.3 is 0 Å². The van der Waals surface area contributed by atoms with Crippen molar-refractivity contribution in [3.05, 3.63) is 52.6 Å². The van der Waals surface area contributed by atoms with Gasteiger partial charge in [0.25, 0.3) is 5.91 Å². The van der Waals surface area contributed by atoms with E-state index in [2.05, 4.69) is 4.99 Å². The highest BCUT2D eigenvalue weighted by molar-refractivity contribution is 5.98. The SMILES string of the molecule is CN1C(=O)c2ccc[n+]([O-])c2C=C2N=CC=CC21. The van der Waals surface area contributed by atoms with E-state index < -0.39 is 0 Å². The zero-order chi connectivity index (χ0) is 12.7. The van der Waals surface area contributed by atoms with Crippen molar-refractivity contribution >= 4 is 18.2 Å². The molecule has 1 aromatic heterocycles. The Morgan fingerprint density at radius 2 is 2.33 bits per heavy atom. The zero-order valence-electron chi connectivity index (χ0n) is 9.78. The molecule has 0 radical (unpaired) electrons. The maximum Gasteiger partial charge on any atom is 0.261 e. The highest BCUT2D eigenvalue weighted by Crippen LogP contribution is 2.24. The molecule has 90 valence electrons. The predicted octanol–water partition coefficient (Wildman–Crippen LogP) is 0.756. The van der Waals surface area contributed by atoms with Crippen LogP contribution < -0.4 is 4.73 Å². The van der Waals surface area contributed by atoms with Crippen molar-refractivity contribution in [1.82, 2.24) is 4.90 Å². The molecule has 0 bridgehead atoms. The number of allylic oxidation sites excluding steroid dienone is 1. The van der Waals surface area contributed by atoms with Crippen molar-refractivity contribution in [1.29, 1.82) is 0 Å². The van der Waals surface area contributed by atoms with Crippen molar-refractivity contribution in [3.8, 4) is 0 Å². The molecule has 0 fully saturated rings. The van der Waals surface area contributed by atoms with Gasteiger partial charge in [0.1, 0.15) is 5.56 Å². The summed E-state index contributed by atoms with van der Waals surface area (Å²) in [4.78, 5) is 18.1. The van der Waals surface area contributed by atoms with Gasteiger partial charge in [0.05, 0.1) is 11.7 Å². The van der Waals surface area contributed by atoms with Gasteiger partial charge in [0.2, 0.25) is 5.69 Å². The average Bonchev–Trinajstić information content (AvgIpc) is 2.49. The summed E-state index contributed by atoms with van der Waals surface area (Å²) >= 11 is 0. The van der Waals surface area contributed by atoms with Crippen LogP contribution in [-0.2, 0) is 0 Å². The second-order valence-corrected chi connectivity index (χ2v) is 4.23. The first-order chi connectivity index (χ1) is 8.68. The monoisotopic (exact) mass is 241 g/mol. The minimum atomic E-state index is -0.213. The van der Waals surface area contributed by atoms with Crippen molar-refractivity contribution in [2.75, 3.05) is 7.05 Å². The number of rotatable bonds is 0. The zero-order valence-corrected chi connectivity index (χ0v) is 9.78. The summed E-state index contributed by atoms with van der Waals surface area (Å²) in [7, 11) is 1.71. The molecule has 0 saturated heterocycles. The molecule has 0 saturated carbocycles. The van der Waals surface area contributed by atoms with Gasteiger partial charge in [0.15, 0.2) is 6.20 Å². The highest BCUT2D eigenvalue weighted by Gasteiger charge is 2.31. The molecule has 2 aliphatic heterocycles. The van der Waals surface area contributed by atoms with Crippen LogP contribution in [0, 0.1) is 5.21 Å². The maximum atomic E-state index is 12.3. The number of hydrogen-bond acceptors (Lipinski definition) is 3. The van der Waals surface area contributed by atoms with Crippen LogP contribution in [0.1, 0.15) is 16.1 Å². The molecule has 3 heterocycles. The number of dihydropyridines is 1. The molecule has 2 aliphatic rings. The van der Waals surface area contributed by atoms with Crippen LogP contribution >= 0.6 is 0 Å². The van der Waals surface area contributed by atoms with Gasteiger partial charge in [-0.3, -0.25) is 9.79 Å². The van der Waals surface area contributed by atoms with Crippen LogP contribution in [0.5, 0.6) is 0 Å². The number of carbonyl (C=O) groups is 1. The number of amides is 1. The van der Waals surface area contributed by atoms with Crippen LogP contribution in [0.15, 0.2) is 41.2 Å². The minimum absolute atomic E-state index is 0.173. The van der Waals surface area contributed by atoms with Crippen LogP contribution in [-0.4, -0.2) is 30.1 Å². The third-order valence-electron chi connectivity index (χ3n) is 3.16. The summed E-state index contributed by atoms with van der Waals surface area (Å²) in [6, 6.07) is 3.02. The second kappa shape index (κ2) is 3.80. The van der Waals surface area contributed by atoms with E-state index >= 15 is 0 Å². The second-order valence-electron chi connectivity index (χ2n) is 4.23. The van der Waals surface area contributed by atoms with E-state index in [1.54, 1.807) is 42.4 Å². The fraction of sp³-hybridized carbons (Fsp3) is 0.154. The Kier molecular flexibility index (Phi) is 2.26. The molecule has 0 spiro atoms. The van der Waals surface area contributed by atoms with Gasteiger partial charge in [0, 0.05) is 25.4 Å². The number of pyridine rings is 1. The fourth-order valence-electron chi connectivity index (χ4n) is 2.19. The smallest absolute Gasteiger partial charge is 0.261 e. The first-order valence-corrected chi connectivity index (χ1v) is 5.60. The molecule has 5 nitrogen and oxygen atoms in total. The lowest BCUT2D eigenvalue weighted by atomic mass is 10.1. The van der Waals surface area contributed by atoms with Gasteiger partial charge in [-0.1, -0.05) is 6.08 Å². The van der Waals surface area contributed by atoms with Gasteiger partial charge in [-0.25, -0.2) is 0 Å². The Balaban J connectivity index is 2.26. The Labute approximate surface area is 104 Å². The van der Waals surface area contributed by atoms with Crippen LogP contribution in [0.3, 0.4) is 0 Å². The van der Waals surface area contributed by atoms with Crippen molar-refractivity contribution in [2.45, 2.75) is 6.04 Å². The summed E-state index contributed by atoms with van der Waals surface area (Å²) in [5.41, 5.74) is 1.45. The number of likely N-dealkylation sites (N-methyl/N-ethyl adjacent to an activating group) is 1. The molecule has 0 N–H and O–H groups in total.